The van der Waals surface area contributed by atoms with Gasteiger partial charge >= 0.3 is 0 Å². The summed E-state index contributed by atoms with van der Waals surface area (Å²) in [7, 11) is 1.98. The Morgan fingerprint density at radius 3 is 2.86 bits per heavy atom. The highest BCUT2D eigenvalue weighted by Gasteiger charge is 2.21. The fourth-order valence-electron chi connectivity index (χ4n) is 1.34. The van der Waals surface area contributed by atoms with Gasteiger partial charge in [0, 0.05) is 18.5 Å². The molecule has 4 heteroatoms. The maximum absolute atomic E-state index is 4.20. The Morgan fingerprint density at radius 2 is 2.29 bits per heavy atom. The van der Waals surface area contributed by atoms with Crippen molar-refractivity contribution in [2.75, 3.05) is 19.1 Å². The van der Waals surface area contributed by atoms with Crippen LogP contribution >= 0.6 is 11.8 Å². The maximum Gasteiger partial charge on any atom is 0.0949 e. The van der Waals surface area contributed by atoms with E-state index in [1.165, 1.54) is 5.69 Å². The molecular formula is C10H19N3S. The largest absolute Gasteiger partial charge is 0.332 e. The topological polar surface area (TPSA) is 29.9 Å². The van der Waals surface area contributed by atoms with Crippen LogP contribution in [0.1, 0.15) is 19.5 Å². The van der Waals surface area contributed by atoms with Crippen LogP contribution in [0, 0.1) is 0 Å². The smallest absolute Gasteiger partial charge is 0.0949 e. The molecule has 0 aliphatic heterocycles. The molecule has 0 amide bonds. The van der Waals surface area contributed by atoms with E-state index in [2.05, 4.69) is 35.0 Å². The molecule has 0 radical (unpaired) electrons. The molecule has 14 heavy (non-hydrogen) atoms. The lowest BCUT2D eigenvalue weighted by molar-refractivity contribution is 0.412. The number of thioether (sulfide) groups is 1. The minimum Gasteiger partial charge on any atom is -0.332 e. The van der Waals surface area contributed by atoms with Crippen molar-refractivity contribution in [2.45, 2.75) is 25.9 Å². The van der Waals surface area contributed by atoms with Crippen molar-refractivity contribution in [3.63, 3.8) is 0 Å². The number of nitrogens with one attached hydrogen (secondary N) is 1. The molecule has 3 nitrogen and oxygen atoms in total. The fourth-order valence-corrected chi connectivity index (χ4v) is 1.72. The summed E-state index contributed by atoms with van der Waals surface area (Å²) in [6, 6.07) is 0. The molecule has 80 valence electrons. The average molecular weight is 213 g/mol. The SMILES string of the molecule is CNC(C)(C)c1cncn1CCSC. The zero-order chi connectivity index (χ0) is 10.6. The summed E-state index contributed by atoms with van der Waals surface area (Å²) in [6.45, 7) is 5.36. The van der Waals surface area contributed by atoms with Crippen molar-refractivity contribution in [1.29, 1.82) is 0 Å². The standard InChI is InChI=1S/C10H19N3S/c1-10(2,11-3)9-7-12-8-13(9)5-6-14-4/h7-8,11H,5-6H2,1-4H3. The lowest BCUT2D eigenvalue weighted by atomic mass is 10.0. The van der Waals surface area contributed by atoms with Crippen molar-refractivity contribution >= 4 is 11.8 Å². The minimum absolute atomic E-state index is 0.00505. The Bertz CT molecular complexity index is 281. The van der Waals surface area contributed by atoms with Crippen molar-refractivity contribution in [3.8, 4) is 0 Å². The summed E-state index contributed by atoms with van der Waals surface area (Å²) in [4.78, 5) is 4.20. The Labute approximate surface area is 90.3 Å². The third kappa shape index (κ3) is 2.51. The number of nitrogens with zero attached hydrogens (tertiary/aromatic N) is 2. The van der Waals surface area contributed by atoms with Gasteiger partial charge in [0.1, 0.15) is 0 Å². The quantitative estimate of drug-likeness (QED) is 0.807. The van der Waals surface area contributed by atoms with Crippen LogP contribution in [0.3, 0.4) is 0 Å². The summed E-state index contributed by atoms with van der Waals surface area (Å²) >= 11 is 1.86. The van der Waals surface area contributed by atoms with Crippen LogP contribution in [0.2, 0.25) is 0 Å². The molecular weight excluding hydrogens is 194 g/mol. The molecule has 1 aromatic heterocycles. The number of imidazole rings is 1. The van der Waals surface area contributed by atoms with Gasteiger partial charge in [-0.2, -0.15) is 11.8 Å². The highest BCUT2D eigenvalue weighted by molar-refractivity contribution is 7.98. The first-order chi connectivity index (χ1) is 6.61. The molecule has 0 bridgehead atoms. The predicted molar refractivity (Wildman–Crippen MR) is 62.7 cm³/mol. The van der Waals surface area contributed by atoms with Crippen LogP contribution in [0.15, 0.2) is 12.5 Å². The molecule has 0 spiro atoms. The van der Waals surface area contributed by atoms with Crippen LogP contribution < -0.4 is 5.32 Å². The molecule has 1 aromatic rings. The molecule has 0 aromatic carbocycles. The van der Waals surface area contributed by atoms with E-state index >= 15 is 0 Å². The summed E-state index contributed by atoms with van der Waals surface area (Å²) in [6.07, 6.45) is 5.97. The third-order valence-electron chi connectivity index (χ3n) is 2.51. The molecule has 0 aliphatic carbocycles. The van der Waals surface area contributed by atoms with Crippen LogP contribution in [-0.4, -0.2) is 28.6 Å². The second-order valence-electron chi connectivity index (χ2n) is 3.84. The number of aromatic nitrogens is 2. The highest BCUT2D eigenvalue weighted by atomic mass is 32.2. The zero-order valence-electron chi connectivity index (χ0n) is 9.37. The van der Waals surface area contributed by atoms with Gasteiger partial charge in [0.05, 0.1) is 17.6 Å². The summed E-state index contributed by atoms with van der Waals surface area (Å²) in [5.74, 6) is 1.13. The molecule has 0 fully saturated rings. The van der Waals surface area contributed by atoms with E-state index in [-0.39, 0.29) is 5.54 Å². The number of rotatable bonds is 5. The first-order valence-electron chi connectivity index (χ1n) is 4.80. The predicted octanol–water partition coefficient (Wildman–Crippen LogP) is 1.70. The minimum atomic E-state index is -0.00505. The van der Waals surface area contributed by atoms with Gasteiger partial charge in [0.15, 0.2) is 0 Å². The third-order valence-corrected chi connectivity index (χ3v) is 3.10. The van der Waals surface area contributed by atoms with Gasteiger partial charge in [-0.3, -0.25) is 0 Å². The van der Waals surface area contributed by atoms with Crippen molar-refractivity contribution in [2.24, 2.45) is 0 Å². The van der Waals surface area contributed by atoms with Crippen molar-refractivity contribution in [3.05, 3.63) is 18.2 Å². The van der Waals surface area contributed by atoms with E-state index in [0.29, 0.717) is 0 Å². The van der Waals surface area contributed by atoms with Crippen LogP contribution in [0.25, 0.3) is 0 Å². The molecule has 1 heterocycles. The Morgan fingerprint density at radius 1 is 1.57 bits per heavy atom. The van der Waals surface area contributed by atoms with Gasteiger partial charge < -0.3 is 9.88 Å². The van der Waals surface area contributed by atoms with Crippen LogP contribution in [0.5, 0.6) is 0 Å². The summed E-state index contributed by atoms with van der Waals surface area (Å²) in [5, 5.41) is 3.29. The van der Waals surface area contributed by atoms with Gasteiger partial charge in [-0.15, -0.1) is 0 Å². The van der Waals surface area contributed by atoms with Gasteiger partial charge in [0.25, 0.3) is 0 Å². The lowest BCUT2D eigenvalue weighted by Crippen LogP contribution is -2.35. The Hall–Kier alpha value is -0.480. The van der Waals surface area contributed by atoms with Gasteiger partial charge in [-0.05, 0) is 27.2 Å². The maximum atomic E-state index is 4.20. The number of aryl methyl sites for hydroxylation is 1. The summed E-state index contributed by atoms with van der Waals surface area (Å²) < 4.78 is 2.22. The molecule has 0 atom stereocenters. The lowest BCUT2D eigenvalue weighted by Gasteiger charge is -2.25. The normalized spacial score (nSPS) is 12.0. The van der Waals surface area contributed by atoms with Crippen LogP contribution in [-0.2, 0) is 12.1 Å². The van der Waals surface area contributed by atoms with Crippen molar-refractivity contribution < 1.29 is 0 Å². The van der Waals surface area contributed by atoms with Gasteiger partial charge in [0.2, 0.25) is 0 Å². The molecule has 1 rings (SSSR count). The molecule has 0 saturated carbocycles. The van der Waals surface area contributed by atoms with Crippen molar-refractivity contribution in [1.82, 2.24) is 14.9 Å². The monoisotopic (exact) mass is 213 g/mol. The Balaban J connectivity index is 2.81. The fraction of sp³-hybridized carbons (Fsp3) is 0.700. The average Bonchev–Trinajstić information content (AvgIpc) is 2.63. The number of hydrogen-bond donors (Lipinski definition) is 1. The van der Waals surface area contributed by atoms with E-state index in [9.17, 15) is 0 Å². The second kappa shape index (κ2) is 4.84. The second-order valence-corrected chi connectivity index (χ2v) is 4.83. The Kier molecular flexibility index (Phi) is 4.01. The van der Waals surface area contributed by atoms with E-state index in [0.717, 1.165) is 12.3 Å². The number of hydrogen-bond acceptors (Lipinski definition) is 3. The molecule has 0 unspecified atom stereocenters. The van der Waals surface area contributed by atoms with E-state index in [4.69, 9.17) is 0 Å². The molecule has 0 aliphatic rings. The van der Waals surface area contributed by atoms with Gasteiger partial charge in [-0.1, -0.05) is 0 Å². The van der Waals surface area contributed by atoms with E-state index in [1.807, 2.05) is 31.3 Å². The molecule has 1 N–H and O–H groups in total. The first kappa shape index (κ1) is 11.6. The van der Waals surface area contributed by atoms with Crippen LogP contribution in [0.4, 0.5) is 0 Å². The first-order valence-corrected chi connectivity index (χ1v) is 6.19. The zero-order valence-corrected chi connectivity index (χ0v) is 10.2. The van der Waals surface area contributed by atoms with E-state index in [1.54, 1.807) is 0 Å². The highest BCUT2D eigenvalue weighted by Crippen LogP contribution is 2.18. The molecule has 0 saturated heterocycles. The van der Waals surface area contributed by atoms with Gasteiger partial charge in [-0.25, -0.2) is 4.98 Å². The summed E-state index contributed by atoms with van der Waals surface area (Å²) in [5.41, 5.74) is 1.24. The van der Waals surface area contributed by atoms with E-state index < -0.39 is 0 Å².